The van der Waals surface area contributed by atoms with Gasteiger partial charge in [-0.3, -0.25) is 9.48 Å². The smallest absolute Gasteiger partial charge is 0.314 e. The van der Waals surface area contributed by atoms with Crippen molar-refractivity contribution in [2.24, 2.45) is 13.0 Å². The Morgan fingerprint density at radius 1 is 1.08 bits per heavy atom. The Balaban J connectivity index is 1.40. The van der Waals surface area contributed by atoms with E-state index in [1.165, 1.54) is 0 Å². The van der Waals surface area contributed by atoms with Crippen molar-refractivity contribution in [1.82, 2.24) is 9.78 Å². The van der Waals surface area contributed by atoms with Gasteiger partial charge in [0.15, 0.2) is 0 Å². The van der Waals surface area contributed by atoms with Gasteiger partial charge in [-0.2, -0.15) is 5.10 Å². The highest BCUT2D eigenvalue weighted by Gasteiger charge is 2.46. The minimum atomic E-state index is -0.156. The number of esters is 1. The van der Waals surface area contributed by atoms with Gasteiger partial charge >= 0.3 is 5.97 Å². The van der Waals surface area contributed by atoms with E-state index in [0.717, 1.165) is 23.1 Å². The van der Waals surface area contributed by atoms with Crippen LogP contribution in [0.3, 0.4) is 0 Å². The lowest BCUT2D eigenvalue weighted by atomic mass is 10.1. The van der Waals surface area contributed by atoms with Crippen LogP contribution in [0.4, 0.5) is 0 Å². The molecule has 1 aliphatic carbocycles. The Morgan fingerprint density at radius 2 is 1.79 bits per heavy atom. The molecular weight excluding hydrogens is 300 g/mol. The third-order valence-corrected chi connectivity index (χ3v) is 4.43. The fourth-order valence-corrected chi connectivity index (χ4v) is 2.99. The van der Waals surface area contributed by atoms with E-state index in [9.17, 15) is 4.79 Å². The van der Waals surface area contributed by atoms with Crippen LogP contribution >= 0.6 is 0 Å². The number of ether oxygens (including phenoxy) is 1. The number of aryl methyl sites for hydroxylation is 1. The number of carbonyl (C=O) groups excluding carboxylic acids is 1. The van der Waals surface area contributed by atoms with Gasteiger partial charge in [0, 0.05) is 19.2 Å². The topological polar surface area (TPSA) is 44.1 Å². The molecule has 4 nitrogen and oxygen atoms in total. The number of nitrogens with zero attached hydrogens (tertiary/aromatic N) is 2. The molecule has 1 saturated carbocycles. The van der Waals surface area contributed by atoms with Crippen LogP contribution < -0.4 is 4.74 Å². The second-order valence-corrected chi connectivity index (χ2v) is 6.21. The van der Waals surface area contributed by atoms with Crippen molar-refractivity contribution >= 4 is 5.97 Å². The second kappa shape index (κ2) is 5.96. The number of hydrogen-bond donors (Lipinski definition) is 0. The Kier molecular flexibility index (Phi) is 3.65. The molecule has 0 saturated heterocycles. The Labute approximate surface area is 140 Å². The standard InChI is InChI=1S/C20H18N2O2/c1-22-13-16(12-21-22)18-11-19(18)20(23)24-17-9-7-15(8-10-17)14-5-3-2-4-6-14/h2-10,12-13,18-19H,11H2,1H3/t18-,19+/m0/s1. The highest BCUT2D eigenvalue weighted by atomic mass is 16.5. The number of carbonyl (C=O) groups is 1. The lowest BCUT2D eigenvalue weighted by Gasteiger charge is -2.06. The molecule has 3 aromatic rings. The molecule has 0 aliphatic heterocycles. The second-order valence-electron chi connectivity index (χ2n) is 6.21. The van der Waals surface area contributed by atoms with E-state index in [4.69, 9.17) is 4.74 Å². The molecule has 1 fully saturated rings. The molecule has 4 rings (SSSR count). The van der Waals surface area contributed by atoms with E-state index >= 15 is 0 Å². The first-order valence-corrected chi connectivity index (χ1v) is 8.06. The van der Waals surface area contributed by atoms with Gasteiger partial charge in [-0.05, 0) is 35.2 Å². The molecule has 0 spiro atoms. The molecule has 0 amide bonds. The van der Waals surface area contributed by atoms with Crippen LogP contribution in [-0.2, 0) is 11.8 Å². The molecule has 24 heavy (non-hydrogen) atoms. The maximum absolute atomic E-state index is 12.3. The molecule has 120 valence electrons. The van der Waals surface area contributed by atoms with Crippen LogP contribution in [-0.4, -0.2) is 15.7 Å². The van der Waals surface area contributed by atoms with E-state index in [2.05, 4.69) is 17.2 Å². The third-order valence-electron chi connectivity index (χ3n) is 4.43. The van der Waals surface area contributed by atoms with E-state index in [1.807, 2.05) is 61.9 Å². The van der Waals surface area contributed by atoms with Crippen molar-refractivity contribution in [3.05, 3.63) is 72.6 Å². The predicted octanol–water partition coefficient (Wildman–Crippen LogP) is 3.80. The molecule has 2 aromatic carbocycles. The quantitative estimate of drug-likeness (QED) is 0.543. The highest BCUT2D eigenvalue weighted by Crippen LogP contribution is 2.48. The summed E-state index contributed by atoms with van der Waals surface area (Å²) in [5.41, 5.74) is 3.36. The predicted molar refractivity (Wildman–Crippen MR) is 91.6 cm³/mol. The van der Waals surface area contributed by atoms with Crippen molar-refractivity contribution in [3.8, 4) is 16.9 Å². The molecule has 1 heterocycles. The molecule has 0 radical (unpaired) electrons. The average Bonchev–Trinajstić information content (AvgIpc) is 3.31. The van der Waals surface area contributed by atoms with Crippen LogP contribution in [0.5, 0.6) is 5.75 Å². The Hall–Kier alpha value is -2.88. The van der Waals surface area contributed by atoms with Gasteiger partial charge in [0.1, 0.15) is 5.75 Å². The maximum atomic E-state index is 12.3. The molecule has 0 unspecified atom stereocenters. The lowest BCUT2D eigenvalue weighted by molar-refractivity contribution is -0.135. The number of rotatable bonds is 4. The summed E-state index contributed by atoms with van der Waals surface area (Å²) in [5.74, 6) is 0.630. The summed E-state index contributed by atoms with van der Waals surface area (Å²) in [6, 6.07) is 17.8. The van der Waals surface area contributed by atoms with E-state index in [1.54, 1.807) is 4.68 Å². The summed E-state index contributed by atoms with van der Waals surface area (Å²) in [6.07, 6.45) is 4.63. The minimum Gasteiger partial charge on any atom is -0.426 e. The molecule has 2 atom stereocenters. The van der Waals surface area contributed by atoms with E-state index in [-0.39, 0.29) is 17.8 Å². The largest absolute Gasteiger partial charge is 0.426 e. The average molecular weight is 318 g/mol. The van der Waals surface area contributed by atoms with Crippen molar-refractivity contribution < 1.29 is 9.53 Å². The molecule has 4 heteroatoms. The lowest BCUT2D eigenvalue weighted by Crippen LogP contribution is -2.11. The maximum Gasteiger partial charge on any atom is 0.314 e. The number of hydrogen-bond acceptors (Lipinski definition) is 3. The van der Waals surface area contributed by atoms with Gasteiger partial charge in [0.25, 0.3) is 0 Å². The summed E-state index contributed by atoms with van der Waals surface area (Å²) < 4.78 is 7.28. The highest BCUT2D eigenvalue weighted by molar-refractivity contribution is 5.79. The Morgan fingerprint density at radius 3 is 2.46 bits per heavy atom. The summed E-state index contributed by atoms with van der Waals surface area (Å²) >= 11 is 0. The Bertz CT molecular complexity index is 853. The van der Waals surface area contributed by atoms with Crippen LogP contribution in [0.2, 0.25) is 0 Å². The van der Waals surface area contributed by atoms with Crippen LogP contribution in [0.1, 0.15) is 17.9 Å². The summed E-state index contributed by atoms with van der Waals surface area (Å²) in [5, 5.41) is 4.16. The van der Waals surface area contributed by atoms with Gasteiger partial charge in [-0.1, -0.05) is 42.5 Å². The molecule has 0 bridgehead atoms. The molecule has 1 aliphatic rings. The zero-order valence-electron chi connectivity index (χ0n) is 13.4. The monoisotopic (exact) mass is 318 g/mol. The van der Waals surface area contributed by atoms with E-state index in [0.29, 0.717) is 5.75 Å². The summed E-state index contributed by atoms with van der Waals surface area (Å²) in [4.78, 5) is 12.3. The van der Waals surface area contributed by atoms with Crippen molar-refractivity contribution in [1.29, 1.82) is 0 Å². The van der Waals surface area contributed by atoms with Crippen molar-refractivity contribution in [2.45, 2.75) is 12.3 Å². The van der Waals surface area contributed by atoms with Gasteiger partial charge in [-0.15, -0.1) is 0 Å². The van der Waals surface area contributed by atoms with Gasteiger partial charge in [0.2, 0.25) is 0 Å². The third kappa shape index (κ3) is 2.95. The first-order valence-electron chi connectivity index (χ1n) is 8.06. The summed E-state index contributed by atoms with van der Waals surface area (Å²) in [7, 11) is 1.88. The molecule has 0 N–H and O–H groups in total. The van der Waals surface area contributed by atoms with Crippen LogP contribution in [0.25, 0.3) is 11.1 Å². The van der Waals surface area contributed by atoms with Crippen molar-refractivity contribution in [3.63, 3.8) is 0 Å². The number of aromatic nitrogens is 2. The zero-order chi connectivity index (χ0) is 16.5. The normalized spacial score (nSPS) is 19.0. The summed E-state index contributed by atoms with van der Waals surface area (Å²) in [6.45, 7) is 0. The van der Waals surface area contributed by atoms with Gasteiger partial charge in [0.05, 0.1) is 12.1 Å². The molecule has 1 aromatic heterocycles. The van der Waals surface area contributed by atoms with Crippen LogP contribution in [0.15, 0.2) is 67.0 Å². The first kappa shape index (κ1) is 14.7. The minimum absolute atomic E-state index is 0.0528. The fourth-order valence-electron chi connectivity index (χ4n) is 2.99. The van der Waals surface area contributed by atoms with E-state index < -0.39 is 0 Å². The van der Waals surface area contributed by atoms with Crippen molar-refractivity contribution in [2.75, 3.05) is 0 Å². The molecular formula is C20H18N2O2. The SMILES string of the molecule is Cn1cc([C@@H]2C[C@H]2C(=O)Oc2ccc(-c3ccccc3)cc2)cn1. The fraction of sp³-hybridized carbons (Fsp3) is 0.200. The zero-order valence-corrected chi connectivity index (χ0v) is 13.4. The van der Waals surface area contributed by atoms with Gasteiger partial charge in [-0.25, -0.2) is 0 Å². The van der Waals surface area contributed by atoms with Gasteiger partial charge < -0.3 is 4.74 Å². The van der Waals surface area contributed by atoms with Crippen LogP contribution in [0, 0.1) is 5.92 Å². The number of benzene rings is 2. The first-order chi connectivity index (χ1) is 11.7.